The van der Waals surface area contributed by atoms with Gasteiger partial charge in [0.05, 0.1) is 25.3 Å². The minimum absolute atomic E-state index is 0.721. The molecule has 3 rings (SSSR count). The van der Waals surface area contributed by atoms with Gasteiger partial charge in [-0.15, -0.1) is 0 Å². The molecular weight excluding hydrogens is 276 g/mol. The summed E-state index contributed by atoms with van der Waals surface area (Å²) in [5.41, 5.74) is 1.69. The summed E-state index contributed by atoms with van der Waals surface area (Å²) in [4.78, 5) is 0. The van der Waals surface area contributed by atoms with Crippen LogP contribution < -0.4 is 9.47 Å². The molecule has 0 amide bonds. The highest BCUT2D eigenvalue weighted by Crippen LogP contribution is 2.34. The van der Waals surface area contributed by atoms with Crippen molar-refractivity contribution in [3.8, 4) is 17.3 Å². The molecule has 0 saturated carbocycles. The van der Waals surface area contributed by atoms with Crippen molar-refractivity contribution < 1.29 is 14.0 Å². The molecule has 0 atom stereocenters. The fourth-order valence-corrected chi connectivity index (χ4v) is 2.61. The maximum Gasteiger partial charge on any atom is 0.202 e. The van der Waals surface area contributed by atoms with E-state index in [0.29, 0.717) is 0 Å². The van der Waals surface area contributed by atoms with Gasteiger partial charge in [-0.2, -0.15) is 0 Å². The van der Waals surface area contributed by atoms with Crippen molar-refractivity contribution in [1.82, 2.24) is 9.72 Å². The van der Waals surface area contributed by atoms with Crippen LogP contribution in [0.2, 0.25) is 0 Å². The number of nitrogens with zero attached hydrogens (tertiary/aromatic N) is 2. The van der Waals surface area contributed by atoms with Gasteiger partial charge in [0.2, 0.25) is 5.09 Å². The number of ether oxygens (including phenoxy) is 2. The number of methoxy groups -OCH3 is 2. The van der Waals surface area contributed by atoms with Gasteiger partial charge in [0.15, 0.2) is 11.5 Å². The Kier molecular flexibility index (Phi) is 3.31. The van der Waals surface area contributed by atoms with E-state index in [1.54, 1.807) is 14.2 Å². The number of hydrogen-bond acceptors (Lipinski definition) is 5. The van der Waals surface area contributed by atoms with Gasteiger partial charge >= 0.3 is 0 Å². The van der Waals surface area contributed by atoms with Gasteiger partial charge < -0.3 is 14.0 Å². The van der Waals surface area contributed by atoms with Gasteiger partial charge in [-0.25, -0.2) is 0 Å². The summed E-state index contributed by atoms with van der Waals surface area (Å²) in [5, 5.41) is 5.87. The summed E-state index contributed by atoms with van der Waals surface area (Å²) in [5.74, 6) is 1.53. The van der Waals surface area contributed by atoms with E-state index in [-0.39, 0.29) is 0 Å². The molecule has 0 bridgehead atoms. The molecule has 0 aliphatic carbocycles. The Morgan fingerprint density at radius 3 is 2.50 bits per heavy atom. The molecule has 2 aromatic heterocycles. The first-order valence-electron chi connectivity index (χ1n) is 6.02. The quantitative estimate of drug-likeness (QED) is 0.690. The van der Waals surface area contributed by atoms with Crippen molar-refractivity contribution in [2.45, 2.75) is 5.09 Å². The highest BCUT2D eigenvalue weighted by atomic mass is 32.2. The third kappa shape index (κ3) is 1.92. The first-order valence-corrected chi connectivity index (χ1v) is 7.24. The van der Waals surface area contributed by atoms with E-state index in [4.69, 9.17) is 14.0 Å². The second-order valence-corrected chi connectivity index (χ2v) is 4.91. The van der Waals surface area contributed by atoms with E-state index in [0.717, 1.165) is 33.4 Å². The molecule has 0 radical (unpaired) electrons. The van der Waals surface area contributed by atoms with E-state index in [1.807, 2.05) is 41.2 Å². The number of benzene rings is 1. The largest absolute Gasteiger partial charge is 0.497 e. The predicted octanol–water partition coefficient (Wildman–Crippen LogP) is 3.36. The second kappa shape index (κ2) is 5.13. The summed E-state index contributed by atoms with van der Waals surface area (Å²) < 4.78 is 17.9. The van der Waals surface area contributed by atoms with Crippen LogP contribution in [-0.2, 0) is 0 Å². The van der Waals surface area contributed by atoms with Crippen molar-refractivity contribution in [3.05, 3.63) is 30.3 Å². The van der Waals surface area contributed by atoms with E-state index < -0.39 is 0 Å². The third-order valence-corrected chi connectivity index (χ3v) is 3.77. The minimum Gasteiger partial charge on any atom is -0.497 e. The van der Waals surface area contributed by atoms with Crippen molar-refractivity contribution >= 4 is 22.8 Å². The Balaban J connectivity index is 2.19. The summed E-state index contributed by atoms with van der Waals surface area (Å²) in [6.45, 7) is 0. The number of hydrogen-bond donors (Lipinski definition) is 0. The number of thioether (sulfide) groups is 1. The zero-order valence-corrected chi connectivity index (χ0v) is 12.2. The summed E-state index contributed by atoms with van der Waals surface area (Å²) in [6.07, 6.45) is 1.96. The summed E-state index contributed by atoms with van der Waals surface area (Å²) in [7, 11) is 3.29. The van der Waals surface area contributed by atoms with Crippen LogP contribution in [0.4, 0.5) is 0 Å². The fourth-order valence-electron chi connectivity index (χ4n) is 2.13. The Labute approximate surface area is 120 Å². The molecule has 0 saturated heterocycles. The zero-order chi connectivity index (χ0) is 14.1. The van der Waals surface area contributed by atoms with E-state index in [1.165, 1.54) is 11.8 Å². The molecule has 0 fully saturated rings. The van der Waals surface area contributed by atoms with Gasteiger partial charge in [-0.1, -0.05) is 16.9 Å². The average Bonchev–Trinajstić information content (AvgIpc) is 3.05. The Hall–Kier alpha value is -2.08. The van der Waals surface area contributed by atoms with E-state index in [9.17, 15) is 0 Å². The average molecular weight is 290 g/mol. The van der Waals surface area contributed by atoms with Crippen LogP contribution in [0.5, 0.6) is 11.6 Å². The lowest BCUT2D eigenvalue weighted by Gasteiger charge is -2.08. The number of aromatic nitrogens is 2. The highest BCUT2D eigenvalue weighted by Gasteiger charge is 2.18. The number of rotatable bonds is 4. The molecule has 0 N–H and O–H groups in total. The van der Waals surface area contributed by atoms with Crippen LogP contribution in [0.25, 0.3) is 16.7 Å². The molecule has 20 heavy (non-hydrogen) atoms. The van der Waals surface area contributed by atoms with Crippen molar-refractivity contribution in [2.75, 3.05) is 20.5 Å². The molecule has 104 valence electrons. The molecule has 5 nitrogen and oxygen atoms in total. The molecule has 0 spiro atoms. The molecule has 2 heterocycles. The summed E-state index contributed by atoms with van der Waals surface area (Å²) in [6, 6.07) is 9.64. The van der Waals surface area contributed by atoms with E-state index in [2.05, 4.69) is 5.16 Å². The topological polar surface area (TPSA) is 49.4 Å². The lowest BCUT2D eigenvalue weighted by atomic mass is 10.3. The zero-order valence-electron chi connectivity index (χ0n) is 11.4. The van der Waals surface area contributed by atoms with Crippen LogP contribution in [0.1, 0.15) is 0 Å². The monoisotopic (exact) mass is 290 g/mol. The highest BCUT2D eigenvalue weighted by molar-refractivity contribution is 7.98. The minimum atomic E-state index is 0.721. The van der Waals surface area contributed by atoms with Gasteiger partial charge in [-0.3, -0.25) is 4.57 Å². The van der Waals surface area contributed by atoms with Crippen LogP contribution in [0, 0.1) is 0 Å². The smallest absolute Gasteiger partial charge is 0.202 e. The maximum absolute atomic E-state index is 5.44. The normalized spacial score (nSPS) is 10.9. The first-order chi connectivity index (χ1) is 9.78. The van der Waals surface area contributed by atoms with Gasteiger partial charge in [0.25, 0.3) is 0 Å². The lowest BCUT2D eigenvalue weighted by Crippen LogP contribution is -1.98. The van der Waals surface area contributed by atoms with Crippen LogP contribution in [-0.4, -0.2) is 30.2 Å². The fraction of sp³-hybridized carbons (Fsp3) is 0.214. The molecule has 0 aliphatic heterocycles. The molecule has 6 heteroatoms. The Morgan fingerprint density at radius 2 is 1.90 bits per heavy atom. The molecular formula is C14H14N2O3S. The first kappa shape index (κ1) is 12.9. The van der Waals surface area contributed by atoms with Crippen molar-refractivity contribution in [1.29, 1.82) is 0 Å². The van der Waals surface area contributed by atoms with Gasteiger partial charge in [0.1, 0.15) is 5.75 Å². The Morgan fingerprint density at radius 1 is 1.15 bits per heavy atom. The summed E-state index contributed by atoms with van der Waals surface area (Å²) >= 11 is 1.52. The maximum atomic E-state index is 5.44. The Bertz CT molecular complexity index is 731. The second-order valence-electron chi connectivity index (χ2n) is 4.13. The lowest BCUT2D eigenvalue weighted by molar-refractivity contribution is 0.351. The molecule has 0 unspecified atom stereocenters. The third-order valence-electron chi connectivity index (χ3n) is 3.10. The molecule has 1 aromatic carbocycles. The SMILES string of the molecule is COc1ccc(-n2c(OC)cc3c(SC)onc32)cc1. The standard InChI is InChI=1S/C14H14N2O3S/c1-17-10-6-4-9(5-7-10)16-12(18-2)8-11-13(16)15-19-14(11)20-3/h4-8H,1-3H3. The van der Waals surface area contributed by atoms with Crippen LogP contribution >= 0.6 is 11.8 Å². The van der Waals surface area contributed by atoms with Gasteiger partial charge in [-0.05, 0) is 30.5 Å². The van der Waals surface area contributed by atoms with Crippen molar-refractivity contribution in [2.24, 2.45) is 0 Å². The van der Waals surface area contributed by atoms with Crippen molar-refractivity contribution in [3.63, 3.8) is 0 Å². The van der Waals surface area contributed by atoms with Gasteiger partial charge in [0, 0.05) is 6.07 Å². The number of fused-ring (bicyclic) bond motifs is 1. The predicted molar refractivity (Wildman–Crippen MR) is 78.2 cm³/mol. The van der Waals surface area contributed by atoms with E-state index >= 15 is 0 Å². The molecule has 3 aromatic rings. The molecule has 0 aliphatic rings. The van der Waals surface area contributed by atoms with Crippen LogP contribution in [0.3, 0.4) is 0 Å². The van der Waals surface area contributed by atoms with Crippen LogP contribution in [0.15, 0.2) is 39.9 Å².